The summed E-state index contributed by atoms with van der Waals surface area (Å²) < 4.78 is 6.11. The highest BCUT2D eigenvalue weighted by Crippen LogP contribution is 2.27. The molecule has 1 heterocycles. The van der Waals surface area contributed by atoms with E-state index in [1.165, 1.54) is 11.3 Å². The minimum atomic E-state index is -0.0334. The molecule has 2 aromatic rings. The van der Waals surface area contributed by atoms with Crippen molar-refractivity contribution in [3.8, 4) is 5.75 Å². The summed E-state index contributed by atoms with van der Waals surface area (Å²) in [6, 6.07) is 7.25. The molecule has 2 rings (SSSR count). The first-order valence-electron chi connectivity index (χ1n) is 5.83. The molecule has 1 aromatic carbocycles. The smallest absolute Gasteiger partial charge is 0.265 e. The number of hydrogen-bond donors (Lipinski definition) is 0. The van der Waals surface area contributed by atoms with Crippen LogP contribution in [-0.2, 0) is 6.54 Å². The van der Waals surface area contributed by atoms with Gasteiger partial charge in [-0.15, -0.1) is 11.3 Å². The molecule has 0 N–H and O–H groups in total. The molecule has 0 atom stereocenters. The summed E-state index contributed by atoms with van der Waals surface area (Å²) >= 11 is 10.8. The molecule has 0 saturated heterocycles. The zero-order chi connectivity index (χ0) is 14.7. The Balaban J connectivity index is 2.20. The minimum absolute atomic E-state index is 0.0334. The van der Waals surface area contributed by atoms with Crippen LogP contribution in [0.15, 0.2) is 34.1 Å². The summed E-state index contributed by atoms with van der Waals surface area (Å²) in [5.41, 5.74) is 0.878. The zero-order valence-corrected chi connectivity index (χ0v) is 14.2. The van der Waals surface area contributed by atoms with Crippen molar-refractivity contribution < 1.29 is 9.53 Å². The van der Waals surface area contributed by atoms with Crippen molar-refractivity contribution in [3.63, 3.8) is 0 Å². The van der Waals surface area contributed by atoms with E-state index in [1.54, 1.807) is 31.2 Å². The van der Waals surface area contributed by atoms with E-state index < -0.39 is 0 Å². The molecule has 0 unspecified atom stereocenters. The van der Waals surface area contributed by atoms with E-state index in [4.69, 9.17) is 16.3 Å². The van der Waals surface area contributed by atoms with E-state index in [2.05, 4.69) is 15.9 Å². The van der Waals surface area contributed by atoms with Gasteiger partial charge in [0.25, 0.3) is 5.91 Å². The molecule has 0 aliphatic heterocycles. The van der Waals surface area contributed by atoms with Crippen LogP contribution in [0.3, 0.4) is 0 Å². The van der Waals surface area contributed by atoms with Gasteiger partial charge in [0, 0.05) is 28.7 Å². The Kier molecular flexibility index (Phi) is 5.07. The second kappa shape index (κ2) is 6.61. The van der Waals surface area contributed by atoms with Crippen molar-refractivity contribution in [3.05, 3.63) is 49.6 Å². The third-order valence-electron chi connectivity index (χ3n) is 2.81. The fourth-order valence-corrected chi connectivity index (χ4v) is 3.55. The number of benzene rings is 1. The number of thiophene rings is 1. The molecule has 0 bridgehead atoms. The second-order valence-electron chi connectivity index (χ2n) is 4.22. The summed E-state index contributed by atoms with van der Waals surface area (Å²) in [5.74, 6) is 0.688. The molecule has 0 aliphatic rings. The molecule has 0 aliphatic carbocycles. The van der Waals surface area contributed by atoms with Gasteiger partial charge in [-0.1, -0.05) is 11.6 Å². The van der Waals surface area contributed by atoms with Crippen molar-refractivity contribution in [1.82, 2.24) is 4.90 Å². The number of carbonyl (C=O) groups is 1. The molecule has 0 radical (unpaired) electrons. The van der Waals surface area contributed by atoms with Gasteiger partial charge in [0.05, 0.1) is 7.11 Å². The van der Waals surface area contributed by atoms with Crippen LogP contribution >= 0.6 is 38.9 Å². The molecule has 6 heteroatoms. The molecule has 0 fully saturated rings. The minimum Gasteiger partial charge on any atom is -0.496 e. The Bertz CT molecular complexity index is 629. The van der Waals surface area contributed by atoms with Gasteiger partial charge in [0.1, 0.15) is 10.6 Å². The molecule has 0 saturated carbocycles. The summed E-state index contributed by atoms with van der Waals surface area (Å²) in [6.45, 7) is 0.437. The van der Waals surface area contributed by atoms with Crippen LogP contribution in [0.25, 0.3) is 0 Å². The summed E-state index contributed by atoms with van der Waals surface area (Å²) in [6.07, 6.45) is 0. The standard InChI is InChI=1S/C14H13BrClNO2S/c1-17(14(18)13-11(15)5-6-20-13)8-9-7-10(16)3-4-12(9)19-2/h3-7H,8H2,1-2H3. The first-order chi connectivity index (χ1) is 9.52. The largest absolute Gasteiger partial charge is 0.496 e. The molecule has 1 amide bonds. The van der Waals surface area contributed by atoms with Crippen LogP contribution in [0.2, 0.25) is 5.02 Å². The molecule has 106 valence electrons. The number of ether oxygens (including phenoxy) is 1. The van der Waals surface area contributed by atoms with E-state index in [0.717, 1.165) is 15.8 Å². The number of methoxy groups -OCH3 is 1. The molecule has 1 aromatic heterocycles. The number of rotatable bonds is 4. The predicted octanol–water partition coefficient (Wildman–Crippen LogP) is 4.44. The van der Waals surface area contributed by atoms with Gasteiger partial charge in [0.2, 0.25) is 0 Å². The molecular weight excluding hydrogens is 362 g/mol. The lowest BCUT2D eigenvalue weighted by atomic mass is 10.2. The lowest BCUT2D eigenvalue weighted by Crippen LogP contribution is -2.25. The first-order valence-corrected chi connectivity index (χ1v) is 7.89. The quantitative estimate of drug-likeness (QED) is 0.791. The fraction of sp³-hybridized carbons (Fsp3) is 0.214. The number of nitrogens with zero attached hydrogens (tertiary/aromatic N) is 1. The summed E-state index contributed by atoms with van der Waals surface area (Å²) in [4.78, 5) is 14.7. The van der Waals surface area contributed by atoms with Crippen LogP contribution < -0.4 is 4.74 Å². The van der Waals surface area contributed by atoms with Crippen molar-refractivity contribution in [1.29, 1.82) is 0 Å². The average molecular weight is 375 g/mol. The first kappa shape index (κ1) is 15.4. The Hall–Kier alpha value is -1.04. The van der Waals surface area contributed by atoms with Crippen LogP contribution in [0.4, 0.5) is 0 Å². The van der Waals surface area contributed by atoms with E-state index in [9.17, 15) is 4.79 Å². The van der Waals surface area contributed by atoms with Gasteiger partial charge in [-0.05, 0) is 45.6 Å². The van der Waals surface area contributed by atoms with Crippen LogP contribution in [-0.4, -0.2) is 25.0 Å². The van der Waals surface area contributed by atoms with Gasteiger partial charge in [0.15, 0.2) is 0 Å². The van der Waals surface area contributed by atoms with Gasteiger partial charge in [-0.25, -0.2) is 0 Å². The third kappa shape index (κ3) is 3.34. The van der Waals surface area contributed by atoms with E-state index >= 15 is 0 Å². The van der Waals surface area contributed by atoms with Gasteiger partial charge in [-0.2, -0.15) is 0 Å². The maximum Gasteiger partial charge on any atom is 0.265 e. The highest BCUT2D eigenvalue weighted by atomic mass is 79.9. The monoisotopic (exact) mass is 373 g/mol. The van der Waals surface area contributed by atoms with Gasteiger partial charge < -0.3 is 9.64 Å². The third-order valence-corrected chi connectivity index (χ3v) is 4.87. The van der Waals surface area contributed by atoms with E-state index in [0.29, 0.717) is 16.4 Å². The van der Waals surface area contributed by atoms with Crippen LogP contribution in [0.1, 0.15) is 15.2 Å². The molecule has 20 heavy (non-hydrogen) atoms. The molecular formula is C14H13BrClNO2S. The van der Waals surface area contributed by atoms with Crippen molar-refractivity contribution in [2.24, 2.45) is 0 Å². The van der Waals surface area contributed by atoms with Gasteiger partial charge >= 0.3 is 0 Å². The van der Waals surface area contributed by atoms with E-state index in [-0.39, 0.29) is 5.91 Å². The van der Waals surface area contributed by atoms with Crippen molar-refractivity contribution in [2.45, 2.75) is 6.54 Å². The highest BCUT2D eigenvalue weighted by molar-refractivity contribution is 9.10. The number of carbonyl (C=O) groups excluding carboxylic acids is 1. The zero-order valence-electron chi connectivity index (χ0n) is 11.0. The molecule has 0 spiro atoms. The maximum atomic E-state index is 12.3. The number of amides is 1. The number of halogens is 2. The average Bonchev–Trinajstić information content (AvgIpc) is 2.84. The molecule has 3 nitrogen and oxygen atoms in total. The SMILES string of the molecule is COc1ccc(Cl)cc1CN(C)C(=O)c1sccc1Br. The lowest BCUT2D eigenvalue weighted by Gasteiger charge is -2.18. The predicted molar refractivity (Wildman–Crippen MR) is 85.8 cm³/mol. The van der Waals surface area contributed by atoms with Crippen molar-refractivity contribution >= 4 is 44.8 Å². The maximum absolute atomic E-state index is 12.3. The Morgan fingerprint density at radius 3 is 2.80 bits per heavy atom. The fourth-order valence-electron chi connectivity index (χ4n) is 1.82. The van der Waals surface area contributed by atoms with E-state index in [1.807, 2.05) is 17.5 Å². The second-order valence-corrected chi connectivity index (χ2v) is 6.42. The summed E-state index contributed by atoms with van der Waals surface area (Å²) in [5, 5.41) is 2.50. The normalized spacial score (nSPS) is 10.4. The van der Waals surface area contributed by atoms with Crippen molar-refractivity contribution in [2.75, 3.05) is 14.2 Å². The van der Waals surface area contributed by atoms with Crippen LogP contribution in [0, 0.1) is 0 Å². The van der Waals surface area contributed by atoms with Gasteiger partial charge in [-0.3, -0.25) is 4.79 Å². The highest BCUT2D eigenvalue weighted by Gasteiger charge is 2.17. The number of hydrogen-bond acceptors (Lipinski definition) is 3. The summed E-state index contributed by atoms with van der Waals surface area (Å²) in [7, 11) is 3.36. The Morgan fingerprint density at radius 2 is 2.20 bits per heavy atom. The lowest BCUT2D eigenvalue weighted by molar-refractivity contribution is 0.0788. The topological polar surface area (TPSA) is 29.5 Å². The Labute approximate surface area is 135 Å². The Morgan fingerprint density at radius 1 is 1.45 bits per heavy atom. The van der Waals surface area contributed by atoms with Crippen LogP contribution in [0.5, 0.6) is 5.75 Å².